The summed E-state index contributed by atoms with van der Waals surface area (Å²) >= 11 is 0. The molecule has 0 saturated carbocycles. The average molecular weight is 430 g/mol. The van der Waals surface area contributed by atoms with Gasteiger partial charge >= 0.3 is 5.97 Å². The van der Waals surface area contributed by atoms with Crippen LogP contribution in [-0.4, -0.2) is 23.6 Å². The van der Waals surface area contributed by atoms with Crippen molar-refractivity contribution in [2.75, 3.05) is 12.0 Å². The van der Waals surface area contributed by atoms with Crippen LogP contribution in [0.2, 0.25) is 0 Å². The summed E-state index contributed by atoms with van der Waals surface area (Å²) in [5.41, 5.74) is 4.34. The van der Waals surface area contributed by atoms with Crippen molar-refractivity contribution < 1.29 is 18.7 Å². The largest absolute Gasteiger partial charge is 0.465 e. The summed E-state index contributed by atoms with van der Waals surface area (Å²) in [6.07, 6.45) is 1.68. The first-order valence-corrected chi connectivity index (χ1v) is 10.2. The van der Waals surface area contributed by atoms with Gasteiger partial charge in [0.1, 0.15) is 5.82 Å². The molecule has 0 fully saturated rings. The lowest BCUT2D eigenvalue weighted by molar-refractivity contribution is -0.136. The van der Waals surface area contributed by atoms with E-state index in [9.17, 15) is 14.0 Å². The fourth-order valence-corrected chi connectivity index (χ4v) is 4.16. The lowest BCUT2D eigenvalue weighted by Crippen LogP contribution is -2.24. The summed E-state index contributed by atoms with van der Waals surface area (Å²) < 4.78 is 21.2. The van der Waals surface area contributed by atoms with Crippen LogP contribution in [0.25, 0.3) is 11.8 Å². The number of anilines is 1. The van der Waals surface area contributed by atoms with E-state index >= 15 is 0 Å². The van der Waals surface area contributed by atoms with Gasteiger partial charge in [-0.25, -0.2) is 9.18 Å². The van der Waals surface area contributed by atoms with Gasteiger partial charge in [-0.3, -0.25) is 9.69 Å². The SMILES string of the molecule is COC(=O)C1=C(C)N(c2ccccc2)C(=O)/C1=C\c1cc(C)n(-c2ccccc2F)c1C. The number of amides is 1. The number of ether oxygens (including phenoxy) is 1. The molecule has 3 aromatic rings. The van der Waals surface area contributed by atoms with E-state index in [1.807, 2.05) is 50.2 Å². The second kappa shape index (κ2) is 8.30. The average Bonchev–Trinajstić information content (AvgIpc) is 3.20. The predicted molar refractivity (Wildman–Crippen MR) is 122 cm³/mol. The molecule has 0 saturated heterocycles. The van der Waals surface area contributed by atoms with Crippen LogP contribution < -0.4 is 4.90 Å². The number of aromatic nitrogens is 1. The molecule has 0 bridgehead atoms. The number of carbonyl (C=O) groups is 2. The first kappa shape index (κ1) is 21.3. The highest BCUT2D eigenvalue weighted by Gasteiger charge is 2.38. The van der Waals surface area contributed by atoms with Gasteiger partial charge in [-0.2, -0.15) is 0 Å². The number of hydrogen-bond acceptors (Lipinski definition) is 3. The van der Waals surface area contributed by atoms with Crippen molar-refractivity contribution in [1.82, 2.24) is 4.57 Å². The smallest absolute Gasteiger partial charge is 0.340 e. The van der Waals surface area contributed by atoms with Gasteiger partial charge < -0.3 is 9.30 Å². The number of rotatable bonds is 4. The number of benzene rings is 2. The number of halogens is 1. The molecule has 1 aromatic heterocycles. The van der Waals surface area contributed by atoms with E-state index in [0.29, 0.717) is 17.1 Å². The summed E-state index contributed by atoms with van der Waals surface area (Å²) in [6.45, 7) is 5.45. The quantitative estimate of drug-likeness (QED) is 0.427. The number of allylic oxidation sites excluding steroid dienone is 1. The zero-order valence-corrected chi connectivity index (χ0v) is 18.3. The maximum absolute atomic E-state index is 14.4. The Labute approximate surface area is 186 Å². The van der Waals surface area contributed by atoms with Crippen LogP contribution in [0, 0.1) is 19.7 Å². The van der Waals surface area contributed by atoms with Crippen LogP contribution in [0.5, 0.6) is 0 Å². The Hall–Kier alpha value is -3.93. The molecule has 2 aromatic carbocycles. The Kier molecular flexibility index (Phi) is 5.53. The van der Waals surface area contributed by atoms with E-state index in [0.717, 1.165) is 17.0 Å². The second-order valence-corrected chi connectivity index (χ2v) is 7.60. The summed E-state index contributed by atoms with van der Waals surface area (Å²) in [7, 11) is 1.29. The Balaban J connectivity index is 1.87. The topological polar surface area (TPSA) is 51.5 Å². The van der Waals surface area contributed by atoms with Crippen molar-refractivity contribution in [3.8, 4) is 5.69 Å². The third kappa shape index (κ3) is 3.43. The van der Waals surface area contributed by atoms with Crippen molar-refractivity contribution in [2.24, 2.45) is 0 Å². The van der Waals surface area contributed by atoms with E-state index in [2.05, 4.69) is 0 Å². The molecule has 2 heterocycles. The summed E-state index contributed by atoms with van der Waals surface area (Å²) in [5, 5.41) is 0. The molecule has 0 radical (unpaired) electrons. The molecule has 5 nitrogen and oxygen atoms in total. The van der Waals surface area contributed by atoms with Gasteiger partial charge in [0, 0.05) is 22.8 Å². The molecule has 0 atom stereocenters. The minimum Gasteiger partial charge on any atom is -0.465 e. The minimum absolute atomic E-state index is 0.219. The Bertz CT molecular complexity index is 1290. The summed E-state index contributed by atoms with van der Waals surface area (Å²) in [4.78, 5) is 27.5. The molecule has 1 aliphatic heterocycles. The maximum Gasteiger partial charge on any atom is 0.340 e. The molecule has 162 valence electrons. The number of hydrogen-bond donors (Lipinski definition) is 0. The first-order valence-electron chi connectivity index (χ1n) is 10.2. The molecule has 0 spiro atoms. The molecule has 32 heavy (non-hydrogen) atoms. The fraction of sp³-hybridized carbons (Fsp3) is 0.154. The van der Waals surface area contributed by atoms with Crippen molar-refractivity contribution >= 4 is 23.6 Å². The van der Waals surface area contributed by atoms with Gasteiger partial charge in [0.25, 0.3) is 5.91 Å². The molecular formula is C26H23FN2O3. The predicted octanol–water partition coefficient (Wildman–Crippen LogP) is 5.11. The van der Waals surface area contributed by atoms with E-state index in [4.69, 9.17) is 4.74 Å². The van der Waals surface area contributed by atoms with Crippen molar-refractivity contribution in [2.45, 2.75) is 20.8 Å². The Morgan fingerprint density at radius 2 is 1.66 bits per heavy atom. The summed E-state index contributed by atoms with van der Waals surface area (Å²) in [5.74, 6) is -1.24. The highest BCUT2D eigenvalue weighted by molar-refractivity contribution is 6.23. The van der Waals surface area contributed by atoms with Crippen molar-refractivity contribution in [1.29, 1.82) is 0 Å². The van der Waals surface area contributed by atoms with Crippen LogP contribution in [0.15, 0.2) is 77.5 Å². The van der Waals surface area contributed by atoms with Gasteiger partial charge in [0.05, 0.1) is 23.9 Å². The lowest BCUT2D eigenvalue weighted by atomic mass is 10.0. The van der Waals surface area contributed by atoms with Crippen LogP contribution in [-0.2, 0) is 14.3 Å². The second-order valence-electron chi connectivity index (χ2n) is 7.60. The van der Waals surface area contributed by atoms with E-state index < -0.39 is 5.97 Å². The number of para-hydroxylation sites is 2. The lowest BCUT2D eigenvalue weighted by Gasteiger charge is -2.17. The highest BCUT2D eigenvalue weighted by Crippen LogP contribution is 2.36. The number of esters is 1. The molecular weight excluding hydrogens is 407 g/mol. The highest BCUT2D eigenvalue weighted by atomic mass is 19.1. The number of methoxy groups -OCH3 is 1. The van der Waals surface area contributed by atoms with Crippen LogP contribution >= 0.6 is 0 Å². The zero-order valence-electron chi connectivity index (χ0n) is 18.3. The van der Waals surface area contributed by atoms with E-state index in [1.165, 1.54) is 18.1 Å². The van der Waals surface area contributed by atoms with E-state index in [-0.39, 0.29) is 22.9 Å². The first-order chi connectivity index (χ1) is 15.3. The Morgan fingerprint density at radius 1 is 1.00 bits per heavy atom. The molecule has 0 aliphatic carbocycles. The molecule has 0 N–H and O–H groups in total. The van der Waals surface area contributed by atoms with Crippen LogP contribution in [0.4, 0.5) is 10.1 Å². The third-order valence-corrected chi connectivity index (χ3v) is 5.67. The van der Waals surface area contributed by atoms with Crippen molar-refractivity contribution in [3.63, 3.8) is 0 Å². The van der Waals surface area contributed by atoms with Crippen LogP contribution in [0.3, 0.4) is 0 Å². The van der Waals surface area contributed by atoms with Gasteiger partial charge in [0.2, 0.25) is 0 Å². The monoisotopic (exact) mass is 430 g/mol. The molecule has 1 aliphatic rings. The maximum atomic E-state index is 14.4. The van der Waals surface area contributed by atoms with Gasteiger partial charge in [-0.05, 0) is 62.7 Å². The van der Waals surface area contributed by atoms with E-state index in [1.54, 1.807) is 35.8 Å². The normalized spacial score (nSPS) is 15.1. The molecule has 1 amide bonds. The third-order valence-electron chi connectivity index (χ3n) is 5.67. The van der Waals surface area contributed by atoms with Crippen molar-refractivity contribution in [3.05, 3.63) is 100 Å². The minimum atomic E-state index is -0.580. The Morgan fingerprint density at radius 3 is 2.31 bits per heavy atom. The van der Waals surface area contributed by atoms with Gasteiger partial charge in [-0.15, -0.1) is 0 Å². The van der Waals surface area contributed by atoms with Crippen LogP contribution in [0.1, 0.15) is 23.9 Å². The molecule has 4 rings (SSSR count). The number of carbonyl (C=O) groups excluding carboxylic acids is 2. The summed E-state index contributed by atoms with van der Waals surface area (Å²) in [6, 6.07) is 17.5. The standard InChI is InChI=1S/C26H23FN2O3/c1-16-14-19(17(2)28(16)23-13-9-8-12-22(23)27)15-21-24(26(31)32-4)18(3)29(25(21)30)20-10-6-5-7-11-20/h5-15H,1-4H3/b21-15-. The zero-order chi connectivity index (χ0) is 23.0. The number of aryl methyl sites for hydroxylation is 1. The van der Waals surface area contributed by atoms with Gasteiger partial charge in [0.15, 0.2) is 0 Å². The molecule has 0 unspecified atom stereocenters. The molecule has 6 heteroatoms. The van der Waals surface area contributed by atoms with Gasteiger partial charge in [-0.1, -0.05) is 30.3 Å². The fourth-order valence-electron chi connectivity index (χ4n) is 4.16. The number of nitrogens with zero attached hydrogens (tertiary/aromatic N) is 2.